The van der Waals surface area contributed by atoms with Crippen molar-refractivity contribution in [2.75, 3.05) is 26.5 Å². The molecule has 0 radical (unpaired) electrons. The number of nitrogens with zero attached hydrogens (tertiary/aromatic N) is 4. The molecule has 6 rings (SSSR count). The molecule has 13 nitrogen and oxygen atoms in total. The van der Waals surface area contributed by atoms with E-state index < -0.39 is 27.5 Å². The van der Waals surface area contributed by atoms with Gasteiger partial charge in [0.05, 0.1) is 29.3 Å². The van der Waals surface area contributed by atoms with Crippen molar-refractivity contribution in [2.45, 2.75) is 70.3 Å². The summed E-state index contributed by atoms with van der Waals surface area (Å²) < 4.78 is 45.3. The summed E-state index contributed by atoms with van der Waals surface area (Å²) >= 11 is 0. The molecule has 6 aromatic rings. The van der Waals surface area contributed by atoms with Gasteiger partial charge < -0.3 is 33.9 Å². The van der Waals surface area contributed by atoms with Gasteiger partial charge in [0.2, 0.25) is 0 Å². The average Bonchev–Trinajstić information content (AvgIpc) is 3.67. The Morgan fingerprint density at radius 2 is 1.59 bits per heavy atom. The lowest BCUT2D eigenvalue weighted by molar-refractivity contribution is 0.0294. The van der Waals surface area contributed by atoms with Crippen LogP contribution in [0.2, 0.25) is 0 Å². The second kappa shape index (κ2) is 17.3. The number of carbonyl (C=O) groups excluding carboxylic acids is 1. The van der Waals surface area contributed by atoms with E-state index >= 15 is 0 Å². The van der Waals surface area contributed by atoms with Crippen molar-refractivity contribution in [1.82, 2.24) is 19.2 Å². The first-order valence-corrected chi connectivity index (χ1v) is 21.0. The first kappa shape index (κ1) is 41.8. The van der Waals surface area contributed by atoms with Crippen molar-refractivity contribution >= 4 is 43.6 Å². The Kier molecular flexibility index (Phi) is 12.5. The number of carboxylic acids is 1. The largest absolute Gasteiger partial charge is 0.493 e. The standard InChI is InChI=1S/C44H50N4O9S/c1-44(2,3)57-43(52)46(4)24-12-25-48-40-33(34(41(48)42(50)51)18-11-26-55-38-19-9-14-29-13-7-8-15-32(29)38)16-10-17-35(40)39-36(45-47(5)37(39)27-49)28-56-30-20-22-31(23-21-30)58(6,53)54/h7-10,13-17,19-23,49H,11-12,18,24-28H2,1-6H3,(H,50,51). The Labute approximate surface area is 338 Å². The number of aliphatic hydroxyl groups is 1. The van der Waals surface area contributed by atoms with Gasteiger partial charge in [-0.15, -0.1) is 0 Å². The van der Waals surface area contributed by atoms with Gasteiger partial charge in [0, 0.05) is 55.3 Å². The van der Waals surface area contributed by atoms with Gasteiger partial charge in [-0.3, -0.25) is 4.68 Å². The molecule has 58 heavy (non-hydrogen) atoms. The van der Waals surface area contributed by atoms with Gasteiger partial charge in [-0.25, -0.2) is 18.0 Å². The average molecular weight is 811 g/mol. The Morgan fingerprint density at radius 3 is 2.28 bits per heavy atom. The van der Waals surface area contributed by atoms with Crippen molar-refractivity contribution < 1.29 is 42.4 Å². The molecule has 2 aromatic heterocycles. The molecule has 0 fully saturated rings. The predicted molar refractivity (Wildman–Crippen MR) is 222 cm³/mol. The van der Waals surface area contributed by atoms with Crippen LogP contribution < -0.4 is 9.47 Å². The van der Waals surface area contributed by atoms with E-state index in [4.69, 9.17) is 19.3 Å². The topological polar surface area (TPSA) is 162 Å². The van der Waals surface area contributed by atoms with Gasteiger partial charge in [-0.2, -0.15) is 5.10 Å². The van der Waals surface area contributed by atoms with Gasteiger partial charge in [-0.05, 0) is 81.3 Å². The monoisotopic (exact) mass is 810 g/mol. The zero-order valence-electron chi connectivity index (χ0n) is 33.7. The number of sulfone groups is 1. The lowest BCUT2D eigenvalue weighted by Gasteiger charge is -2.24. The van der Waals surface area contributed by atoms with Crippen molar-refractivity contribution in [3.05, 3.63) is 108 Å². The van der Waals surface area contributed by atoms with Crippen molar-refractivity contribution in [3.63, 3.8) is 0 Å². The molecule has 2 N–H and O–H groups in total. The number of aryl methyl sites for hydroxylation is 3. The number of para-hydroxylation sites is 1. The van der Waals surface area contributed by atoms with E-state index in [1.54, 1.807) is 56.2 Å². The van der Waals surface area contributed by atoms with E-state index in [0.717, 1.165) is 28.2 Å². The summed E-state index contributed by atoms with van der Waals surface area (Å²) in [5.41, 5.74) is 2.98. The molecular weight excluding hydrogens is 761 g/mol. The molecule has 0 saturated heterocycles. The third-order valence-corrected chi connectivity index (χ3v) is 11.0. The lowest BCUT2D eigenvalue weighted by atomic mass is 9.98. The number of aromatic nitrogens is 3. The van der Waals surface area contributed by atoms with E-state index in [1.807, 2.05) is 60.7 Å². The smallest absolute Gasteiger partial charge is 0.410 e. The van der Waals surface area contributed by atoms with Gasteiger partial charge in [-0.1, -0.05) is 54.6 Å². The number of ether oxygens (including phenoxy) is 3. The Balaban J connectivity index is 1.38. The Bertz CT molecular complexity index is 2550. The normalized spacial score (nSPS) is 11.9. The van der Waals surface area contributed by atoms with Crippen LogP contribution >= 0.6 is 0 Å². The highest BCUT2D eigenvalue weighted by atomic mass is 32.2. The van der Waals surface area contributed by atoms with E-state index in [-0.39, 0.29) is 30.3 Å². The first-order valence-electron chi connectivity index (χ1n) is 19.1. The highest BCUT2D eigenvalue weighted by Crippen LogP contribution is 2.39. The fourth-order valence-electron chi connectivity index (χ4n) is 7.20. The van der Waals surface area contributed by atoms with Crippen LogP contribution in [0, 0.1) is 0 Å². The third kappa shape index (κ3) is 9.29. The number of amides is 1. The SMILES string of the molecule is CN(CCCn1c(C(=O)O)c(CCCOc2cccc3ccccc23)c2cccc(-c3c(COc4ccc(S(C)(=O)=O)cc4)nn(C)c3CO)c21)C(=O)OC(C)(C)C. The first-order chi connectivity index (χ1) is 27.6. The maximum absolute atomic E-state index is 13.3. The maximum atomic E-state index is 13.3. The van der Waals surface area contributed by atoms with Crippen molar-refractivity contribution in [3.8, 4) is 22.6 Å². The number of fused-ring (bicyclic) bond motifs is 2. The molecule has 14 heteroatoms. The van der Waals surface area contributed by atoms with E-state index in [2.05, 4.69) is 0 Å². The highest BCUT2D eigenvalue weighted by Gasteiger charge is 2.28. The zero-order chi connectivity index (χ0) is 41.8. The Hall–Kier alpha value is -5.86. The van der Waals surface area contributed by atoms with E-state index in [0.29, 0.717) is 71.8 Å². The molecule has 0 aliphatic carbocycles. The van der Waals surface area contributed by atoms with Gasteiger partial charge in [0.1, 0.15) is 35.1 Å². The van der Waals surface area contributed by atoms with Crippen LogP contribution in [0.1, 0.15) is 61.1 Å². The maximum Gasteiger partial charge on any atom is 0.410 e. The summed E-state index contributed by atoms with van der Waals surface area (Å²) in [4.78, 5) is 27.8. The summed E-state index contributed by atoms with van der Waals surface area (Å²) in [6, 6.07) is 25.6. The van der Waals surface area contributed by atoms with Crippen LogP contribution in [0.25, 0.3) is 32.8 Å². The minimum absolute atomic E-state index is 0.0245. The molecule has 1 amide bonds. The number of hydrogen-bond donors (Lipinski definition) is 2. The van der Waals surface area contributed by atoms with Crippen molar-refractivity contribution in [1.29, 1.82) is 0 Å². The fraction of sp³-hybridized carbons (Fsp3) is 0.341. The second-order valence-corrected chi connectivity index (χ2v) is 17.3. The Morgan fingerprint density at radius 1 is 0.897 bits per heavy atom. The minimum Gasteiger partial charge on any atom is -0.493 e. The molecule has 0 saturated carbocycles. The number of hydrogen-bond acceptors (Lipinski definition) is 9. The van der Waals surface area contributed by atoms with Crippen LogP contribution in [0.15, 0.2) is 89.8 Å². The van der Waals surface area contributed by atoms with Gasteiger partial charge >= 0.3 is 12.1 Å². The van der Waals surface area contributed by atoms with E-state index in [1.165, 1.54) is 17.0 Å². The van der Waals surface area contributed by atoms with Crippen LogP contribution in [0.4, 0.5) is 4.79 Å². The molecule has 4 aromatic carbocycles. The number of rotatable bonds is 16. The molecule has 0 spiro atoms. The lowest BCUT2D eigenvalue weighted by Crippen LogP contribution is -2.35. The van der Waals surface area contributed by atoms with Gasteiger partial charge in [0.15, 0.2) is 9.84 Å². The summed E-state index contributed by atoms with van der Waals surface area (Å²) in [6.07, 6.45) is 2.00. The molecule has 306 valence electrons. The molecule has 0 unspecified atom stereocenters. The molecule has 2 heterocycles. The summed E-state index contributed by atoms with van der Waals surface area (Å²) in [5.74, 6) is 0.0817. The van der Waals surface area contributed by atoms with Crippen LogP contribution in [-0.2, 0) is 47.8 Å². The van der Waals surface area contributed by atoms with Crippen LogP contribution in [-0.4, -0.2) is 82.0 Å². The molecular formula is C44H50N4O9S. The summed E-state index contributed by atoms with van der Waals surface area (Å²) in [7, 11) is -0.0282. The predicted octanol–water partition coefficient (Wildman–Crippen LogP) is 7.64. The van der Waals surface area contributed by atoms with Crippen LogP contribution in [0.5, 0.6) is 11.5 Å². The summed E-state index contributed by atoms with van der Waals surface area (Å²) in [6.45, 7) is 5.92. The minimum atomic E-state index is -3.40. The number of carboxylic acid groups (broad SMARTS) is 1. The zero-order valence-corrected chi connectivity index (χ0v) is 34.5. The quantitative estimate of drug-likeness (QED) is 0.0930. The fourth-order valence-corrected chi connectivity index (χ4v) is 7.83. The second-order valence-electron chi connectivity index (χ2n) is 15.3. The molecule has 0 atom stereocenters. The highest BCUT2D eigenvalue weighted by molar-refractivity contribution is 7.90. The molecule has 0 bridgehead atoms. The van der Waals surface area contributed by atoms with Gasteiger partial charge in [0.25, 0.3) is 0 Å². The van der Waals surface area contributed by atoms with E-state index in [9.17, 15) is 28.2 Å². The number of aromatic carboxylic acids is 1. The van der Waals surface area contributed by atoms with Crippen molar-refractivity contribution in [2.24, 2.45) is 7.05 Å². The number of carbonyl (C=O) groups is 2. The third-order valence-electron chi connectivity index (χ3n) is 9.83. The van der Waals surface area contributed by atoms with Crippen LogP contribution in [0.3, 0.4) is 0 Å². The number of aliphatic hydroxyl groups excluding tert-OH is 1. The molecule has 0 aliphatic rings. The number of benzene rings is 4. The summed E-state index contributed by atoms with van der Waals surface area (Å²) in [5, 5.41) is 29.0. The molecule has 0 aliphatic heterocycles.